The number of hydrogen-bond donors (Lipinski definition) is 3. The molecule has 8 nitrogen and oxygen atoms in total. The Hall–Kier alpha value is -3.36. The van der Waals surface area contributed by atoms with E-state index in [0.717, 1.165) is 0 Å². The maximum Gasteiger partial charge on any atom is 0.253 e. The number of carbonyl (C=O) groups is 1. The molecule has 2 unspecified atom stereocenters. The molecule has 1 aromatic rings. The molecule has 8 heteroatoms. The summed E-state index contributed by atoms with van der Waals surface area (Å²) in [6, 6.07) is 10.4. The molecule has 0 aliphatic carbocycles. The third kappa shape index (κ3) is 4.80. The first-order valence-corrected chi connectivity index (χ1v) is 7.63. The maximum absolute atomic E-state index is 11.7. The van der Waals surface area contributed by atoms with Gasteiger partial charge in [-0.1, -0.05) is 0 Å². The van der Waals surface area contributed by atoms with Crippen molar-refractivity contribution < 1.29 is 9.53 Å². The molecule has 1 aromatic carbocycles. The first-order chi connectivity index (χ1) is 12.0. The number of ether oxygens (including phenoxy) is 1. The fraction of sp³-hybridized carbons (Fsp3) is 0.294. The average molecular weight is 338 g/mol. The van der Waals surface area contributed by atoms with Gasteiger partial charge in [-0.25, -0.2) is 4.99 Å². The van der Waals surface area contributed by atoms with Gasteiger partial charge in [0.25, 0.3) is 5.91 Å². The molecule has 0 aromatic heterocycles. The van der Waals surface area contributed by atoms with Crippen LogP contribution in [-0.2, 0) is 9.53 Å². The van der Waals surface area contributed by atoms with Crippen molar-refractivity contribution in [3.8, 4) is 12.1 Å². The fourth-order valence-corrected chi connectivity index (χ4v) is 2.33. The molecule has 2 atom stereocenters. The molecule has 0 bridgehead atoms. The number of amides is 1. The molecular formula is C17H18N6O2. The predicted molar refractivity (Wildman–Crippen MR) is 91.2 cm³/mol. The normalized spacial score (nSPS) is 21.0. The molecule has 128 valence electrons. The number of primary amides is 1. The highest BCUT2D eigenvalue weighted by molar-refractivity contribution is 6.20. The largest absolute Gasteiger partial charge is 0.384 e. The number of nitriles is 2. The van der Waals surface area contributed by atoms with Crippen LogP contribution >= 0.6 is 0 Å². The van der Waals surface area contributed by atoms with Crippen LogP contribution in [0.5, 0.6) is 0 Å². The molecule has 25 heavy (non-hydrogen) atoms. The van der Waals surface area contributed by atoms with Gasteiger partial charge in [-0.15, -0.1) is 0 Å². The summed E-state index contributed by atoms with van der Waals surface area (Å²) in [5, 5.41) is 20.9. The van der Waals surface area contributed by atoms with Crippen LogP contribution in [0.15, 0.2) is 41.0 Å². The van der Waals surface area contributed by atoms with E-state index in [9.17, 15) is 4.79 Å². The van der Waals surface area contributed by atoms with Crippen molar-refractivity contribution in [1.29, 1.82) is 10.5 Å². The van der Waals surface area contributed by atoms with Crippen molar-refractivity contribution in [2.45, 2.75) is 12.5 Å². The van der Waals surface area contributed by atoms with Gasteiger partial charge in [0, 0.05) is 12.8 Å². The first kappa shape index (κ1) is 18.0. The Morgan fingerprint density at radius 2 is 2.04 bits per heavy atom. The van der Waals surface area contributed by atoms with E-state index in [2.05, 4.69) is 16.4 Å². The molecular weight excluding hydrogens is 320 g/mol. The molecule has 1 heterocycles. The third-order valence-corrected chi connectivity index (χ3v) is 3.75. The number of carbonyl (C=O) groups excluding carboxylic acids is 1. The molecule has 0 radical (unpaired) electrons. The fourth-order valence-electron chi connectivity index (χ4n) is 2.33. The van der Waals surface area contributed by atoms with Gasteiger partial charge in [0.2, 0.25) is 0 Å². The maximum atomic E-state index is 11.7. The van der Waals surface area contributed by atoms with E-state index in [1.165, 1.54) is 6.20 Å². The van der Waals surface area contributed by atoms with E-state index in [1.54, 1.807) is 24.3 Å². The van der Waals surface area contributed by atoms with Gasteiger partial charge in [-0.3, -0.25) is 4.79 Å². The summed E-state index contributed by atoms with van der Waals surface area (Å²) in [7, 11) is 0. The number of amidine groups is 1. The van der Waals surface area contributed by atoms with Crippen LogP contribution in [0.1, 0.15) is 12.0 Å². The van der Waals surface area contributed by atoms with Gasteiger partial charge in [-0.05, 0) is 30.7 Å². The zero-order chi connectivity index (χ0) is 18.2. The Morgan fingerprint density at radius 3 is 2.64 bits per heavy atom. The smallest absolute Gasteiger partial charge is 0.253 e. The summed E-state index contributed by atoms with van der Waals surface area (Å²) in [5.41, 5.74) is 12.2. The van der Waals surface area contributed by atoms with Gasteiger partial charge in [0.15, 0.2) is 0 Å². The van der Waals surface area contributed by atoms with Crippen molar-refractivity contribution in [2.24, 2.45) is 22.4 Å². The van der Waals surface area contributed by atoms with Gasteiger partial charge in [0.05, 0.1) is 47.5 Å². The van der Waals surface area contributed by atoms with Crippen LogP contribution in [0.3, 0.4) is 0 Å². The van der Waals surface area contributed by atoms with E-state index in [-0.39, 0.29) is 23.4 Å². The standard InChI is InChI=1S/C17H18N6O2/c18-7-11-1-3-13(4-2-11)23-16(20)14(17(21)24)9-22-15-10-25-6-5-12(15)8-19/h1-4,9,12,15,22H,5-6,10H2,(H2,20,23)(H2,21,24)/b14-9+. The average Bonchev–Trinajstić information content (AvgIpc) is 2.62. The molecule has 1 fully saturated rings. The van der Waals surface area contributed by atoms with Crippen LogP contribution in [0.2, 0.25) is 0 Å². The van der Waals surface area contributed by atoms with Crippen molar-refractivity contribution >= 4 is 17.4 Å². The van der Waals surface area contributed by atoms with Crippen molar-refractivity contribution in [3.63, 3.8) is 0 Å². The van der Waals surface area contributed by atoms with Crippen molar-refractivity contribution in [2.75, 3.05) is 13.2 Å². The minimum Gasteiger partial charge on any atom is -0.384 e. The van der Waals surface area contributed by atoms with E-state index < -0.39 is 5.91 Å². The lowest BCUT2D eigenvalue weighted by Crippen LogP contribution is -2.42. The SMILES string of the molecule is N#Cc1ccc(N=C(N)/C(=C\NC2COCCC2C#N)C(N)=O)cc1. The summed E-state index contributed by atoms with van der Waals surface area (Å²) in [6.07, 6.45) is 1.98. The first-order valence-electron chi connectivity index (χ1n) is 7.63. The molecule has 1 amide bonds. The number of nitrogens with one attached hydrogen (secondary N) is 1. The number of nitrogens with zero attached hydrogens (tertiary/aromatic N) is 3. The number of hydrogen-bond acceptors (Lipinski definition) is 6. The summed E-state index contributed by atoms with van der Waals surface area (Å²) >= 11 is 0. The van der Waals surface area contributed by atoms with Crippen LogP contribution in [0.4, 0.5) is 5.69 Å². The number of nitrogens with two attached hydrogens (primary N) is 2. The molecule has 1 aliphatic heterocycles. The minimum atomic E-state index is -0.743. The van der Waals surface area contributed by atoms with E-state index in [1.807, 2.05) is 6.07 Å². The van der Waals surface area contributed by atoms with Crippen LogP contribution < -0.4 is 16.8 Å². The second-order valence-electron chi connectivity index (χ2n) is 5.45. The zero-order valence-electron chi connectivity index (χ0n) is 13.5. The summed E-state index contributed by atoms with van der Waals surface area (Å²) < 4.78 is 5.34. The van der Waals surface area contributed by atoms with Crippen molar-refractivity contribution in [3.05, 3.63) is 41.6 Å². The second-order valence-corrected chi connectivity index (χ2v) is 5.45. The van der Waals surface area contributed by atoms with Crippen molar-refractivity contribution in [1.82, 2.24) is 5.32 Å². The highest BCUT2D eigenvalue weighted by Crippen LogP contribution is 2.16. The molecule has 1 aliphatic rings. The van der Waals surface area contributed by atoms with Gasteiger partial charge < -0.3 is 21.5 Å². The molecule has 0 spiro atoms. The summed E-state index contributed by atoms with van der Waals surface area (Å²) in [5.74, 6) is -1.03. The highest BCUT2D eigenvalue weighted by atomic mass is 16.5. The van der Waals surface area contributed by atoms with Gasteiger partial charge in [-0.2, -0.15) is 10.5 Å². The van der Waals surface area contributed by atoms with Crippen LogP contribution in [-0.4, -0.2) is 31.0 Å². The Morgan fingerprint density at radius 1 is 1.32 bits per heavy atom. The lowest BCUT2D eigenvalue weighted by atomic mass is 9.96. The molecule has 0 saturated carbocycles. The lowest BCUT2D eigenvalue weighted by molar-refractivity contribution is -0.114. The molecule has 1 saturated heterocycles. The van der Waals surface area contributed by atoms with Gasteiger partial charge >= 0.3 is 0 Å². The summed E-state index contributed by atoms with van der Waals surface area (Å²) in [6.45, 7) is 0.887. The molecule has 5 N–H and O–H groups in total. The monoisotopic (exact) mass is 338 g/mol. The molecule has 2 rings (SSSR count). The number of aliphatic imine (C=N–C) groups is 1. The second kappa shape index (κ2) is 8.48. The Labute approximate surface area is 145 Å². The zero-order valence-corrected chi connectivity index (χ0v) is 13.5. The number of rotatable bonds is 5. The number of benzene rings is 1. The Balaban J connectivity index is 2.18. The predicted octanol–water partition coefficient (Wildman–Crippen LogP) is 0.434. The quantitative estimate of drug-likeness (QED) is 0.402. The van der Waals surface area contributed by atoms with Crippen LogP contribution in [0.25, 0.3) is 0 Å². The van der Waals surface area contributed by atoms with E-state index in [4.69, 9.17) is 26.7 Å². The van der Waals surface area contributed by atoms with Crippen LogP contribution in [0, 0.1) is 28.6 Å². The van der Waals surface area contributed by atoms with Gasteiger partial charge in [0.1, 0.15) is 5.84 Å². The van der Waals surface area contributed by atoms with E-state index in [0.29, 0.717) is 30.9 Å². The Bertz CT molecular complexity index is 770. The lowest BCUT2D eigenvalue weighted by Gasteiger charge is -2.27. The summed E-state index contributed by atoms with van der Waals surface area (Å²) in [4.78, 5) is 15.8. The Kier molecular flexibility index (Phi) is 6.10. The topological polar surface area (TPSA) is 150 Å². The highest BCUT2D eigenvalue weighted by Gasteiger charge is 2.25. The minimum absolute atomic E-state index is 0.00613. The van der Waals surface area contributed by atoms with E-state index >= 15 is 0 Å². The third-order valence-electron chi connectivity index (χ3n) is 3.75.